The fourth-order valence-electron chi connectivity index (χ4n) is 3.07. The van der Waals surface area contributed by atoms with Gasteiger partial charge in [-0.3, -0.25) is 9.89 Å². The summed E-state index contributed by atoms with van der Waals surface area (Å²) in [5, 5.41) is 20.4. The van der Waals surface area contributed by atoms with E-state index in [0.717, 1.165) is 11.1 Å². The van der Waals surface area contributed by atoms with E-state index in [9.17, 15) is 9.90 Å². The number of pyridine rings is 1. The number of amides is 1. The molecule has 2 heterocycles. The number of H-pyrrole nitrogens is 1. The van der Waals surface area contributed by atoms with Gasteiger partial charge in [-0.05, 0) is 35.8 Å². The predicted octanol–water partition coefficient (Wildman–Crippen LogP) is 2.89. The lowest BCUT2D eigenvalue weighted by molar-refractivity contribution is 0.0894. The number of nitrogens with zero attached hydrogens (tertiary/aromatic N) is 2. The Morgan fingerprint density at radius 2 is 2.00 bits per heavy atom. The van der Waals surface area contributed by atoms with Gasteiger partial charge in [0.1, 0.15) is 5.75 Å². The van der Waals surface area contributed by atoms with E-state index in [0.29, 0.717) is 28.3 Å². The quantitative estimate of drug-likeness (QED) is 0.527. The molecule has 3 rings (SSSR count). The predicted molar refractivity (Wildman–Crippen MR) is 116 cm³/mol. The molecule has 2 aromatic heterocycles. The van der Waals surface area contributed by atoms with Crippen molar-refractivity contribution in [1.82, 2.24) is 20.5 Å². The molecule has 8 heteroatoms. The molecule has 0 saturated heterocycles. The highest BCUT2D eigenvalue weighted by Gasteiger charge is 2.22. The first-order chi connectivity index (χ1) is 14.5. The summed E-state index contributed by atoms with van der Waals surface area (Å²) in [6, 6.07) is 6.79. The fourth-order valence-corrected chi connectivity index (χ4v) is 3.07. The lowest BCUT2D eigenvalue weighted by Crippen LogP contribution is -2.41. The SMILES string of the molecule is COc1ccc(C=Cc2n[nH]c3ccc(C(=O)N[C@H](CO)C(C)C)c(OC)c23)cn1. The first-order valence-electron chi connectivity index (χ1n) is 9.63. The van der Waals surface area contributed by atoms with Crippen LogP contribution < -0.4 is 14.8 Å². The van der Waals surface area contributed by atoms with Crippen molar-refractivity contribution in [2.24, 2.45) is 5.92 Å². The summed E-state index contributed by atoms with van der Waals surface area (Å²) in [5.74, 6) is 0.750. The third-order valence-corrected chi connectivity index (χ3v) is 4.88. The number of aromatic amines is 1. The van der Waals surface area contributed by atoms with Crippen LogP contribution in [0.4, 0.5) is 0 Å². The van der Waals surface area contributed by atoms with Crippen molar-refractivity contribution in [2.45, 2.75) is 19.9 Å². The van der Waals surface area contributed by atoms with Crippen LogP contribution in [0.15, 0.2) is 30.5 Å². The second-order valence-corrected chi connectivity index (χ2v) is 7.15. The molecule has 0 saturated carbocycles. The molecule has 30 heavy (non-hydrogen) atoms. The highest BCUT2D eigenvalue weighted by Crippen LogP contribution is 2.32. The molecule has 0 radical (unpaired) electrons. The third kappa shape index (κ3) is 4.44. The number of aliphatic hydroxyl groups excluding tert-OH is 1. The zero-order valence-electron chi connectivity index (χ0n) is 17.5. The second kappa shape index (κ2) is 9.41. The Labute approximate surface area is 174 Å². The Morgan fingerprint density at radius 1 is 1.20 bits per heavy atom. The number of nitrogens with one attached hydrogen (secondary N) is 2. The van der Waals surface area contributed by atoms with Gasteiger partial charge < -0.3 is 19.9 Å². The van der Waals surface area contributed by atoms with Crippen molar-refractivity contribution in [2.75, 3.05) is 20.8 Å². The van der Waals surface area contributed by atoms with Crippen molar-refractivity contribution in [3.8, 4) is 11.6 Å². The Hall–Kier alpha value is -3.39. The highest BCUT2D eigenvalue weighted by atomic mass is 16.5. The summed E-state index contributed by atoms with van der Waals surface area (Å²) in [6.45, 7) is 3.74. The molecular weight excluding hydrogens is 384 g/mol. The van der Waals surface area contributed by atoms with Crippen molar-refractivity contribution in [1.29, 1.82) is 0 Å². The van der Waals surface area contributed by atoms with Crippen LogP contribution in [0.1, 0.15) is 35.5 Å². The Balaban J connectivity index is 1.96. The first-order valence-corrected chi connectivity index (χ1v) is 9.63. The molecular formula is C22H26N4O4. The van der Waals surface area contributed by atoms with E-state index in [-0.39, 0.29) is 24.5 Å². The molecule has 0 spiro atoms. The standard InChI is InChI=1S/C22H26N4O4/c1-13(2)18(12-27)24-22(28)15-7-9-17-20(21(15)30-4)16(25-26-17)8-5-14-6-10-19(29-3)23-11-14/h5-11,13,18,27H,12H2,1-4H3,(H,24,28)(H,25,26)/t18-/m1/s1. The second-order valence-electron chi connectivity index (χ2n) is 7.15. The molecule has 0 aliphatic heterocycles. The maximum atomic E-state index is 12.8. The molecule has 1 aromatic carbocycles. The maximum absolute atomic E-state index is 12.8. The number of aromatic nitrogens is 3. The normalized spacial score (nSPS) is 12.5. The highest BCUT2D eigenvalue weighted by molar-refractivity contribution is 6.05. The molecule has 3 N–H and O–H groups in total. The molecule has 0 fully saturated rings. The zero-order valence-corrected chi connectivity index (χ0v) is 17.5. The summed E-state index contributed by atoms with van der Waals surface area (Å²) >= 11 is 0. The minimum absolute atomic E-state index is 0.0965. The summed E-state index contributed by atoms with van der Waals surface area (Å²) in [7, 11) is 3.09. The number of benzene rings is 1. The van der Waals surface area contributed by atoms with Gasteiger partial charge in [0.25, 0.3) is 5.91 Å². The van der Waals surface area contributed by atoms with Gasteiger partial charge in [-0.25, -0.2) is 4.98 Å². The van der Waals surface area contributed by atoms with Gasteiger partial charge in [-0.2, -0.15) is 5.10 Å². The summed E-state index contributed by atoms with van der Waals surface area (Å²) < 4.78 is 10.7. The van der Waals surface area contributed by atoms with Crippen LogP contribution in [0.2, 0.25) is 0 Å². The smallest absolute Gasteiger partial charge is 0.255 e. The zero-order chi connectivity index (χ0) is 21.7. The number of rotatable bonds is 8. The average Bonchev–Trinajstić information content (AvgIpc) is 3.18. The van der Waals surface area contributed by atoms with E-state index in [1.807, 2.05) is 32.1 Å². The number of aliphatic hydroxyl groups is 1. The first kappa shape index (κ1) is 21.3. The maximum Gasteiger partial charge on any atom is 0.255 e. The lowest BCUT2D eigenvalue weighted by atomic mass is 10.0. The Morgan fingerprint density at radius 3 is 2.60 bits per heavy atom. The molecule has 1 atom stereocenters. The van der Waals surface area contributed by atoms with Crippen LogP contribution in [0, 0.1) is 5.92 Å². The van der Waals surface area contributed by atoms with Crippen LogP contribution >= 0.6 is 0 Å². The van der Waals surface area contributed by atoms with Crippen LogP contribution in [0.25, 0.3) is 23.1 Å². The van der Waals surface area contributed by atoms with E-state index in [2.05, 4.69) is 20.5 Å². The van der Waals surface area contributed by atoms with Crippen molar-refractivity contribution < 1.29 is 19.4 Å². The van der Waals surface area contributed by atoms with Crippen LogP contribution in [-0.2, 0) is 0 Å². The Kier molecular flexibility index (Phi) is 6.68. The summed E-state index contributed by atoms with van der Waals surface area (Å²) in [5.41, 5.74) is 2.64. The van der Waals surface area contributed by atoms with Crippen molar-refractivity contribution in [3.63, 3.8) is 0 Å². The fraction of sp³-hybridized carbons (Fsp3) is 0.318. The minimum Gasteiger partial charge on any atom is -0.495 e. The summed E-state index contributed by atoms with van der Waals surface area (Å²) in [4.78, 5) is 17.0. The number of fused-ring (bicyclic) bond motifs is 1. The molecule has 1 amide bonds. The number of methoxy groups -OCH3 is 2. The monoisotopic (exact) mass is 410 g/mol. The molecule has 0 bridgehead atoms. The van der Waals surface area contributed by atoms with E-state index in [1.165, 1.54) is 7.11 Å². The van der Waals surface area contributed by atoms with Gasteiger partial charge in [-0.15, -0.1) is 0 Å². The molecule has 0 aliphatic carbocycles. The molecule has 0 unspecified atom stereocenters. The number of hydrogen-bond acceptors (Lipinski definition) is 6. The van der Waals surface area contributed by atoms with E-state index in [4.69, 9.17) is 9.47 Å². The molecule has 158 valence electrons. The lowest BCUT2D eigenvalue weighted by Gasteiger charge is -2.20. The minimum atomic E-state index is -0.343. The van der Waals surface area contributed by atoms with Crippen LogP contribution in [0.5, 0.6) is 11.6 Å². The van der Waals surface area contributed by atoms with E-state index >= 15 is 0 Å². The number of carbonyl (C=O) groups excluding carboxylic acids is 1. The number of hydrogen-bond donors (Lipinski definition) is 3. The van der Waals surface area contributed by atoms with Gasteiger partial charge in [0.2, 0.25) is 5.88 Å². The molecule has 3 aromatic rings. The van der Waals surface area contributed by atoms with Gasteiger partial charge >= 0.3 is 0 Å². The number of carbonyl (C=O) groups is 1. The van der Waals surface area contributed by atoms with Crippen LogP contribution in [-0.4, -0.2) is 53.1 Å². The van der Waals surface area contributed by atoms with Crippen LogP contribution in [0.3, 0.4) is 0 Å². The van der Waals surface area contributed by atoms with Gasteiger partial charge in [-0.1, -0.05) is 19.9 Å². The Bertz CT molecular complexity index is 1040. The largest absolute Gasteiger partial charge is 0.495 e. The van der Waals surface area contributed by atoms with E-state index < -0.39 is 0 Å². The van der Waals surface area contributed by atoms with Gasteiger partial charge in [0.05, 0.1) is 49.0 Å². The van der Waals surface area contributed by atoms with Crippen molar-refractivity contribution >= 4 is 29.0 Å². The number of ether oxygens (including phenoxy) is 2. The topological polar surface area (TPSA) is 109 Å². The third-order valence-electron chi connectivity index (χ3n) is 4.88. The van der Waals surface area contributed by atoms with Gasteiger partial charge in [0.15, 0.2) is 0 Å². The summed E-state index contributed by atoms with van der Waals surface area (Å²) in [6.07, 6.45) is 5.40. The van der Waals surface area contributed by atoms with Gasteiger partial charge in [0, 0.05) is 12.3 Å². The molecule has 0 aliphatic rings. The average molecular weight is 410 g/mol. The van der Waals surface area contributed by atoms with Crippen molar-refractivity contribution in [3.05, 3.63) is 47.3 Å². The van der Waals surface area contributed by atoms with E-state index in [1.54, 1.807) is 31.5 Å². The molecule has 8 nitrogen and oxygen atoms in total.